The maximum atomic E-state index is 5.92. The summed E-state index contributed by atoms with van der Waals surface area (Å²) in [7, 11) is 3.59. The summed E-state index contributed by atoms with van der Waals surface area (Å²) in [5.74, 6) is 1.69. The van der Waals surface area contributed by atoms with E-state index >= 15 is 0 Å². The SMILES string of the molecule is CNCc1ccc(OC)cc1OCC1CCC(C)O1. The molecule has 0 aliphatic carbocycles. The second-order valence-electron chi connectivity index (χ2n) is 4.96. The molecule has 0 saturated carbocycles. The van der Waals surface area contributed by atoms with Crippen LogP contribution in [0.1, 0.15) is 25.3 Å². The second kappa shape index (κ2) is 6.78. The molecule has 1 saturated heterocycles. The lowest BCUT2D eigenvalue weighted by molar-refractivity contribution is 0.0262. The number of nitrogens with one attached hydrogen (secondary N) is 1. The van der Waals surface area contributed by atoms with Crippen molar-refractivity contribution in [3.63, 3.8) is 0 Å². The predicted octanol–water partition coefficient (Wildman–Crippen LogP) is 2.36. The molecule has 106 valence electrons. The van der Waals surface area contributed by atoms with Crippen LogP contribution in [0.25, 0.3) is 0 Å². The van der Waals surface area contributed by atoms with Crippen LogP contribution < -0.4 is 14.8 Å². The molecule has 1 aliphatic rings. The van der Waals surface area contributed by atoms with E-state index in [-0.39, 0.29) is 6.10 Å². The number of hydrogen-bond acceptors (Lipinski definition) is 4. The van der Waals surface area contributed by atoms with Crippen LogP contribution in [-0.4, -0.2) is 33.0 Å². The van der Waals surface area contributed by atoms with Crippen molar-refractivity contribution in [1.82, 2.24) is 5.32 Å². The standard InChI is InChI=1S/C15H23NO3/c1-11-4-6-14(19-11)10-18-15-8-13(17-3)7-5-12(15)9-16-2/h5,7-8,11,14,16H,4,6,9-10H2,1-3H3. The van der Waals surface area contributed by atoms with Crippen LogP contribution in [0.5, 0.6) is 11.5 Å². The molecule has 1 aromatic carbocycles. The Morgan fingerprint density at radius 3 is 2.84 bits per heavy atom. The van der Waals surface area contributed by atoms with Crippen LogP contribution in [-0.2, 0) is 11.3 Å². The van der Waals surface area contributed by atoms with E-state index in [1.54, 1.807) is 7.11 Å². The Bertz CT molecular complexity index is 408. The molecule has 2 atom stereocenters. The largest absolute Gasteiger partial charge is 0.497 e. The quantitative estimate of drug-likeness (QED) is 0.857. The van der Waals surface area contributed by atoms with Gasteiger partial charge in [0.15, 0.2) is 0 Å². The number of methoxy groups -OCH3 is 1. The molecule has 1 heterocycles. The molecule has 0 spiro atoms. The molecule has 0 radical (unpaired) electrons. The Kier molecular flexibility index (Phi) is 5.05. The third-order valence-electron chi connectivity index (χ3n) is 3.39. The average molecular weight is 265 g/mol. The lowest BCUT2D eigenvalue weighted by Gasteiger charge is -2.16. The second-order valence-corrected chi connectivity index (χ2v) is 4.96. The Labute approximate surface area is 115 Å². The summed E-state index contributed by atoms with van der Waals surface area (Å²) in [6, 6.07) is 5.92. The third-order valence-corrected chi connectivity index (χ3v) is 3.39. The van der Waals surface area contributed by atoms with Gasteiger partial charge in [-0.15, -0.1) is 0 Å². The van der Waals surface area contributed by atoms with Crippen molar-refractivity contribution >= 4 is 0 Å². The first kappa shape index (κ1) is 14.2. The summed E-state index contributed by atoms with van der Waals surface area (Å²) >= 11 is 0. The Hall–Kier alpha value is -1.26. The van der Waals surface area contributed by atoms with E-state index in [9.17, 15) is 0 Å². The molecule has 1 N–H and O–H groups in total. The molecular weight excluding hydrogens is 242 g/mol. The maximum Gasteiger partial charge on any atom is 0.127 e. The Morgan fingerprint density at radius 1 is 1.37 bits per heavy atom. The summed E-state index contributed by atoms with van der Waals surface area (Å²) < 4.78 is 16.9. The molecule has 1 aliphatic heterocycles. The van der Waals surface area contributed by atoms with E-state index in [2.05, 4.69) is 12.2 Å². The lowest BCUT2D eigenvalue weighted by atomic mass is 10.2. The molecule has 1 fully saturated rings. The number of rotatable bonds is 6. The van der Waals surface area contributed by atoms with Crippen LogP contribution in [0.2, 0.25) is 0 Å². The number of hydrogen-bond donors (Lipinski definition) is 1. The van der Waals surface area contributed by atoms with Gasteiger partial charge in [0.05, 0.1) is 19.3 Å². The summed E-state index contributed by atoms with van der Waals surface area (Å²) in [6.45, 7) is 3.49. The molecule has 0 aromatic heterocycles. The van der Waals surface area contributed by atoms with Gasteiger partial charge >= 0.3 is 0 Å². The molecule has 0 bridgehead atoms. The van der Waals surface area contributed by atoms with Crippen LogP contribution in [0.15, 0.2) is 18.2 Å². The fourth-order valence-corrected chi connectivity index (χ4v) is 2.32. The van der Waals surface area contributed by atoms with Gasteiger partial charge in [0, 0.05) is 18.2 Å². The van der Waals surface area contributed by atoms with Crippen LogP contribution in [0.4, 0.5) is 0 Å². The van der Waals surface area contributed by atoms with Crippen molar-refractivity contribution < 1.29 is 14.2 Å². The highest BCUT2D eigenvalue weighted by molar-refractivity contribution is 5.40. The van der Waals surface area contributed by atoms with Gasteiger partial charge in [0.2, 0.25) is 0 Å². The van der Waals surface area contributed by atoms with Crippen molar-refractivity contribution in [2.24, 2.45) is 0 Å². The van der Waals surface area contributed by atoms with Gasteiger partial charge in [0.1, 0.15) is 18.1 Å². The highest BCUT2D eigenvalue weighted by atomic mass is 16.5. The fraction of sp³-hybridized carbons (Fsp3) is 0.600. The van der Waals surface area contributed by atoms with Crippen molar-refractivity contribution in [3.8, 4) is 11.5 Å². The predicted molar refractivity (Wildman–Crippen MR) is 74.8 cm³/mol. The van der Waals surface area contributed by atoms with E-state index in [0.29, 0.717) is 12.7 Å². The van der Waals surface area contributed by atoms with Gasteiger partial charge in [-0.05, 0) is 32.9 Å². The lowest BCUT2D eigenvalue weighted by Crippen LogP contribution is -2.19. The monoisotopic (exact) mass is 265 g/mol. The van der Waals surface area contributed by atoms with Crippen molar-refractivity contribution in [2.45, 2.75) is 38.5 Å². The molecule has 4 heteroatoms. The van der Waals surface area contributed by atoms with Crippen LogP contribution in [0, 0.1) is 0 Å². The minimum Gasteiger partial charge on any atom is -0.497 e. The van der Waals surface area contributed by atoms with Crippen molar-refractivity contribution in [3.05, 3.63) is 23.8 Å². The van der Waals surface area contributed by atoms with Crippen LogP contribution >= 0.6 is 0 Å². The minimum atomic E-state index is 0.212. The molecule has 0 amide bonds. The zero-order valence-corrected chi connectivity index (χ0v) is 11.9. The summed E-state index contributed by atoms with van der Waals surface area (Å²) in [4.78, 5) is 0. The normalized spacial score (nSPS) is 22.5. The third kappa shape index (κ3) is 3.85. The first-order valence-electron chi connectivity index (χ1n) is 6.82. The smallest absolute Gasteiger partial charge is 0.127 e. The van der Waals surface area contributed by atoms with Gasteiger partial charge in [-0.2, -0.15) is 0 Å². The van der Waals surface area contributed by atoms with Gasteiger partial charge in [-0.25, -0.2) is 0 Å². The highest BCUT2D eigenvalue weighted by Gasteiger charge is 2.22. The van der Waals surface area contributed by atoms with E-state index in [4.69, 9.17) is 14.2 Å². The first-order valence-corrected chi connectivity index (χ1v) is 6.82. The topological polar surface area (TPSA) is 39.7 Å². The highest BCUT2D eigenvalue weighted by Crippen LogP contribution is 2.26. The summed E-state index contributed by atoms with van der Waals surface area (Å²) in [6.07, 6.45) is 2.77. The fourth-order valence-electron chi connectivity index (χ4n) is 2.32. The molecule has 2 unspecified atom stereocenters. The van der Waals surface area contributed by atoms with E-state index in [1.165, 1.54) is 0 Å². The van der Waals surface area contributed by atoms with Gasteiger partial charge in [-0.1, -0.05) is 6.07 Å². The molecule has 2 rings (SSSR count). The zero-order chi connectivity index (χ0) is 13.7. The zero-order valence-electron chi connectivity index (χ0n) is 11.9. The average Bonchev–Trinajstić information content (AvgIpc) is 2.83. The Balaban J connectivity index is 2.00. The minimum absolute atomic E-state index is 0.212. The summed E-state index contributed by atoms with van der Waals surface area (Å²) in [5, 5.41) is 3.14. The van der Waals surface area contributed by atoms with E-state index in [1.807, 2.05) is 25.2 Å². The van der Waals surface area contributed by atoms with Crippen molar-refractivity contribution in [1.29, 1.82) is 0 Å². The molecular formula is C15H23NO3. The number of benzene rings is 1. The van der Waals surface area contributed by atoms with Gasteiger partial charge in [0.25, 0.3) is 0 Å². The molecule has 1 aromatic rings. The first-order chi connectivity index (χ1) is 9.22. The van der Waals surface area contributed by atoms with Gasteiger partial charge < -0.3 is 19.5 Å². The molecule has 4 nitrogen and oxygen atoms in total. The van der Waals surface area contributed by atoms with Gasteiger partial charge in [-0.3, -0.25) is 0 Å². The van der Waals surface area contributed by atoms with E-state index in [0.717, 1.165) is 36.4 Å². The summed E-state index contributed by atoms with van der Waals surface area (Å²) in [5.41, 5.74) is 1.13. The van der Waals surface area contributed by atoms with Crippen molar-refractivity contribution in [2.75, 3.05) is 20.8 Å². The number of ether oxygens (including phenoxy) is 3. The Morgan fingerprint density at radius 2 is 2.21 bits per heavy atom. The van der Waals surface area contributed by atoms with Crippen LogP contribution in [0.3, 0.4) is 0 Å². The maximum absolute atomic E-state index is 5.92. The van der Waals surface area contributed by atoms with E-state index < -0.39 is 0 Å². The molecule has 19 heavy (non-hydrogen) atoms.